The molecule has 0 aliphatic carbocycles. The van der Waals surface area contributed by atoms with Crippen LogP contribution in [0.15, 0.2) is 22.7 Å². The molecule has 0 bridgehead atoms. The molecular weight excluding hydrogens is 320 g/mol. The molecular formula is C15H23BrN2O2. The molecule has 4 nitrogen and oxygen atoms in total. The number of amides is 1. The number of rotatable bonds is 6. The molecule has 0 heterocycles. The maximum atomic E-state index is 12.1. The Morgan fingerprint density at radius 1 is 1.50 bits per heavy atom. The molecule has 3 N–H and O–H groups in total. The molecule has 0 radical (unpaired) electrons. The molecule has 112 valence electrons. The third-order valence-corrected chi connectivity index (χ3v) is 4.04. The molecule has 1 unspecified atom stereocenters. The number of carbonyl (C=O) groups is 1. The first-order chi connectivity index (χ1) is 9.29. The van der Waals surface area contributed by atoms with Crippen LogP contribution in [-0.4, -0.2) is 17.6 Å². The highest BCUT2D eigenvalue weighted by Gasteiger charge is 2.22. The quantitative estimate of drug-likeness (QED) is 0.835. The summed E-state index contributed by atoms with van der Waals surface area (Å²) >= 11 is 3.42. The SMILES string of the molecule is CCC(C)(C)NC(=O)C(C)Oc1ccc(Br)c(CN)c1. The number of carbonyl (C=O) groups excluding carboxylic acids is 1. The highest BCUT2D eigenvalue weighted by atomic mass is 79.9. The van der Waals surface area contributed by atoms with E-state index in [-0.39, 0.29) is 11.4 Å². The maximum absolute atomic E-state index is 12.1. The number of hydrogen-bond acceptors (Lipinski definition) is 3. The second kappa shape index (κ2) is 7.09. The molecule has 1 aromatic carbocycles. The molecule has 0 aliphatic rings. The average molecular weight is 343 g/mol. The van der Waals surface area contributed by atoms with Crippen molar-refractivity contribution >= 4 is 21.8 Å². The van der Waals surface area contributed by atoms with Gasteiger partial charge in [0.25, 0.3) is 5.91 Å². The number of benzene rings is 1. The fraction of sp³-hybridized carbons (Fsp3) is 0.533. The van der Waals surface area contributed by atoms with E-state index < -0.39 is 6.10 Å². The summed E-state index contributed by atoms with van der Waals surface area (Å²) in [5.41, 5.74) is 6.37. The molecule has 1 amide bonds. The number of nitrogens with two attached hydrogens (primary N) is 1. The van der Waals surface area contributed by atoms with Gasteiger partial charge in [-0.2, -0.15) is 0 Å². The molecule has 0 aromatic heterocycles. The Balaban J connectivity index is 2.70. The lowest BCUT2D eigenvalue weighted by Gasteiger charge is -2.26. The van der Waals surface area contributed by atoms with Crippen LogP contribution in [0.4, 0.5) is 0 Å². The van der Waals surface area contributed by atoms with Gasteiger partial charge in [0, 0.05) is 16.6 Å². The zero-order chi connectivity index (χ0) is 15.3. The van der Waals surface area contributed by atoms with Crippen molar-refractivity contribution in [2.24, 2.45) is 5.73 Å². The van der Waals surface area contributed by atoms with Crippen molar-refractivity contribution in [3.05, 3.63) is 28.2 Å². The fourth-order valence-corrected chi connectivity index (χ4v) is 1.97. The van der Waals surface area contributed by atoms with E-state index in [1.54, 1.807) is 6.92 Å². The molecule has 5 heteroatoms. The minimum absolute atomic E-state index is 0.117. The topological polar surface area (TPSA) is 64.3 Å². The molecule has 0 saturated heterocycles. The van der Waals surface area contributed by atoms with Gasteiger partial charge in [-0.05, 0) is 51.0 Å². The van der Waals surface area contributed by atoms with E-state index in [2.05, 4.69) is 21.2 Å². The molecule has 0 aliphatic heterocycles. The Hall–Kier alpha value is -1.07. The predicted octanol–water partition coefficient (Wildman–Crippen LogP) is 2.98. The van der Waals surface area contributed by atoms with Gasteiger partial charge in [0.05, 0.1) is 0 Å². The van der Waals surface area contributed by atoms with Crippen LogP contribution in [0.25, 0.3) is 0 Å². The lowest BCUT2D eigenvalue weighted by atomic mass is 10.0. The molecule has 1 aromatic rings. The van der Waals surface area contributed by atoms with Gasteiger partial charge in [0.15, 0.2) is 6.10 Å². The summed E-state index contributed by atoms with van der Waals surface area (Å²) in [5, 5.41) is 2.97. The number of halogens is 1. The van der Waals surface area contributed by atoms with Crippen molar-refractivity contribution < 1.29 is 9.53 Å². The lowest BCUT2D eigenvalue weighted by molar-refractivity contribution is -0.128. The van der Waals surface area contributed by atoms with Crippen molar-refractivity contribution in [1.29, 1.82) is 0 Å². The van der Waals surface area contributed by atoms with Crippen LogP contribution in [0.1, 0.15) is 39.7 Å². The standard InChI is InChI=1S/C15H23BrN2O2/c1-5-15(3,4)18-14(19)10(2)20-12-6-7-13(16)11(8-12)9-17/h6-8,10H,5,9,17H2,1-4H3,(H,18,19). The van der Waals surface area contributed by atoms with E-state index in [1.807, 2.05) is 39.0 Å². The van der Waals surface area contributed by atoms with E-state index in [4.69, 9.17) is 10.5 Å². The molecule has 1 rings (SSSR count). The van der Waals surface area contributed by atoms with Gasteiger partial charge in [0.2, 0.25) is 0 Å². The van der Waals surface area contributed by atoms with E-state index in [0.717, 1.165) is 16.5 Å². The second-order valence-electron chi connectivity index (χ2n) is 5.44. The van der Waals surface area contributed by atoms with Gasteiger partial charge in [-0.3, -0.25) is 4.79 Å². The van der Waals surface area contributed by atoms with Crippen molar-refractivity contribution in [3.63, 3.8) is 0 Å². The van der Waals surface area contributed by atoms with Gasteiger partial charge in [-0.25, -0.2) is 0 Å². The van der Waals surface area contributed by atoms with E-state index >= 15 is 0 Å². The smallest absolute Gasteiger partial charge is 0.261 e. The van der Waals surface area contributed by atoms with Crippen molar-refractivity contribution in [3.8, 4) is 5.75 Å². The van der Waals surface area contributed by atoms with Crippen LogP contribution in [0.5, 0.6) is 5.75 Å². The van der Waals surface area contributed by atoms with E-state index in [0.29, 0.717) is 12.3 Å². The van der Waals surface area contributed by atoms with Gasteiger partial charge in [-0.15, -0.1) is 0 Å². The highest BCUT2D eigenvalue weighted by molar-refractivity contribution is 9.10. The Labute approximate surface area is 129 Å². The maximum Gasteiger partial charge on any atom is 0.261 e. The molecule has 0 spiro atoms. The summed E-state index contributed by atoms with van der Waals surface area (Å²) in [5.74, 6) is 0.527. The fourth-order valence-electron chi connectivity index (χ4n) is 1.56. The zero-order valence-corrected chi connectivity index (χ0v) is 14.1. The largest absolute Gasteiger partial charge is 0.481 e. The first-order valence-electron chi connectivity index (χ1n) is 6.76. The first kappa shape index (κ1) is 17.0. The monoisotopic (exact) mass is 342 g/mol. The Morgan fingerprint density at radius 2 is 2.15 bits per heavy atom. The van der Waals surface area contributed by atoms with E-state index in [9.17, 15) is 4.79 Å². The Morgan fingerprint density at radius 3 is 2.70 bits per heavy atom. The summed E-state index contributed by atoms with van der Waals surface area (Å²) in [6.45, 7) is 8.17. The Bertz CT molecular complexity index is 475. The summed E-state index contributed by atoms with van der Waals surface area (Å²) in [7, 11) is 0. The van der Waals surface area contributed by atoms with E-state index in [1.165, 1.54) is 0 Å². The van der Waals surface area contributed by atoms with Crippen molar-refractivity contribution in [2.75, 3.05) is 0 Å². The first-order valence-corrected chi connectivity index (χ1v) is 7.55. The van der Waals surface area contributed by atoms with Crippen LogP contribution < -0.4 is 15.8 Å². The summed E-state index contributed by atoms with van der Waals surface area (Å²) in [6, 6.07) is 5.54. The van der Waals surface area contributed by atoms with Crippen LogP contribution in [0.2, 0.25) is 0 Å². The molecule has 1 atom stereocenters. The van der Waals surface area contributed by atoms with Gasteiger partial charge in [-0.1, -0.05) is 22.9 Å². The highest BCUT2D eigenvalue weighted by Crippen LogP contribution is 2.23. The van der Waals surface area contributed by atoms with Crippen LogP contribution in [-0.2, 0) is 11.3 Å². The van der Waals surface area contributed by atoms with Gasteiger partial charge < -0.3 is 15.8 Å². The number of hydrogen-bond donors (Lipinski definition) is 2. The summed E-state index contributed by atoms with van der Waals surface area (Å²) < 4.78 is 6.62. The minimum atomic E-state index is -0.548. The van der Waals surface area contributed by atoms with Crippen LogP contribution >= 0.6 is 15.9 Å². The van der Waals surface area contributed by atoms with Gasteiger partial charge in [0.1, 0.15) is 5.75 Å². The third kappa shape index (κ3) is 4.80. The van der Waals surface area contributed by atoms with Gasteiger partial charge >= 0.3 is 0 Å². The van der Waals surface area contributed by atoms with Crippen molar-refractivity contribution in [1.82, 2.24) is 5.32 Å². The zero-order valence-electron chi connectivity index (χ0n) is 12.5. The Kier molecular flexibility index (Phi) is 6.02. The van der Waals surface area contributed by atoms with Crippen LogP contribution in [0, 0.1) is 0 Å². The second-order valence-corrected chi connectivity index (χ2v) is 6.30. The normalized spacial score (nSPS) is 12.9. The molecule has 0 saturated carbocycles. The predicted molar refractivity (Wildman–Crippen MR) is 84.6 cm³/mol. The number of nitrogens with one attached hydrogen (secondary N) is 1. The average Bonchev–Trinajstić information content (AvgIpc) is 2.40. The third-order valence-electron chi connectivity index (χ3n) is 3.26. The molecule has 20 heavy (non-hydrogen) atoms. The van der Waals surface area contributed by atoms with Crippen molar-refractivity contribution in [2.45, 2.75) is 52.3 Å². The molecule has 0 fully saturated rings. The lowest BCUT2D eigenvalue weighted by Crippen LogP contribution is -2.48. The summed E-state index contributed by atoms with van der Waals surface area (Å²) in [4.78, 5) is 12.1. The van der Waals surface area contributed by atoms with Crippen LogP contribution in [0.3, 0.4) is 0 Å². The number of ether oxygens (including phenoxy) is 1. The minimum Gasteiger partial charge on any atom is -0.481 e. The summed E-state index contributed by atoms with van der Waals surface area (Å²) in [6.07, 6.45) is 0.314.